The monoisotopic (exact) mass is 431 g/mol. The molecule has 3 rings (SSSR count). The van der Waals surface area contributed by atoms with Crippen LogP contribution in [0.4, 0.5) is 17.1 Å². The molecule has 0 saturated heterocycles. The molecule has 1 amide bonds. The molecule has 1 heterocycles. The number of hydrogen-bond acceptors (Lipinski definition) is 5. The number of amides is 1. The van der Waals surface area contributed by atoms with Gasteiger partial charge in [-0.25, -0.2) is 8.42 Å². The van der Waals surface area contributed by atoms with E-state index in [1.165, 1.54) is 19.1 Å². The van der Waals surface area contributed by atoms with Gasteiger partial charge in [-0.2, -0.15) is 0 Å². The number of fused-ring (bicyclic) bond motifs is 1. The van der Waals surface area contributed by atoms with Gasteiger partial charge in [0.25, 0.3) is 10.0 Å². The maximum atomic E-state index is 13.0. The van der Waals surface area contributed by atoms with Crippen LogP contribution < -0.4 is 19.3 Å². The number of sulfonamides is 1. The Kier molecular flexibility index (Phi) is 6.26. The van der Waals surface area contributed by atoms with Crippen molar-refractivity contribution in [1.29, 1.82) is 0 Å². The second kappa shape index (κ2) is 8.55. The largest absolute Gasteiger partial charge is 0.487 e. The molecule has 0 aromatic heterocycles. The fraction of sp³-hybridized carbons (Fsp3) is 0.409. The third kappa shape index (κ3) is 4.38. The number of ether oxygens (including phenoxy) is 1. The van der Waals surface area contributed by atoms with Crippen LogP contribution in [0.5, 0.6) is 5.75 Å². The molecule has 1 atom stereocenters. The van der Waals surface area contributed by atoms with Crippen LogP contribution >= 0.6 is 0 Å². The SMILES string of the molecule is CCN(CC)c1ccc(NS(=O)(=O)c2ccc3c(c2)N(C(C)=O)CC(C)O3)c(C)c1. The molecule has 8 heteroatoms. The van der Waals surface area contributed by atoms with Gasteiger partial charge in [-0.05, 0) is 69.7 Å². The number of carbonyl (C=O) groups is 1. The molecule has 2 aromatic carbocycles. The molecule has 0 aliphatic carbocycles. The Hall–Kier alpha value is -2.74. The molecule has 1 N–H and O–H groups in total. The molecule has 162 valence electrons. The Morgan fingerprint density at radius 1 is 1.20 bits per heavy atom. The van der Waals surface area contributed by atoms with E-state index in [1.807, 2.05) is 26.0 Å². The first-order valence-corrected chi connectivity index (χ1v) is 11.6. The maximum Gasteiger partial charge on any atom is 0.261 e. The molecule has 0 radical (unpaired) electrons. The fourth-order valence-electron chi connectivity index (χ4n) is 3.63. The van der Waals surface area contributed by atoms with E-state index in [9.17, 15) is 13.2 Å². The standard InChI is InChI=1S/C22H29N3O4S/c1-6-24(7-2)18-8-10-20(15(3)12-18)23-30(27,28)19-9-11-22-21(13-19)25(17(5)26)14-16(4)29-22/h8-13,16,23H,6-7,14H2,1-5H3. The zero-order chi connectivity index (χ0) is 22.1. The summed E-state index contributed by atoms with van der Waals surface area (Å²) < 4.78 is 34.5. The van der Waals surface area contributed by atoms with Gasteiger partial charge in [0.1, 0.15) is 11.9 Å². The Labute approximate surface area is 178 Å². The summed E-state index contributed by atoms with van der Waals surface area (Å²) in [5.41, 5.74) is 2.88. The fourth-order valence-corrected chi connectivity index (χ4v) is 4.78. The van der Waals surface area contributed by atoms with Crippen LogP contribution in [0.25, 0.3) is 0 Å². The number of anilines is 3. The summed E-state index contributed by atoms with van der Waals surface area (Å²) in [6.07, 6.45) is -0.158. The molecule has 2 aromatic rings. The van der Waals surface area contributed by atoms with Gasteiger partial charge in [0, 0.05) is 25.7 Å². The molecule has 30 heavy (non-hydrogen) atoms. The minimum absolute atomic E-state index is 0.0814. The number of nitrogens with zero attached hydrogens (tertiary/aromatic N) is 2. The summed E-state index contributed by atoms with van der Waals surface area (Å²) in [7, 11) is -3.83. The van der Waals surface area contributed by atoms with Gasteiger partial charge in [0.15, 0.2) is 0 Å². The van der Waals surface area contributed by atoms with Gasteiger partial charge < -0.3 is 14.5 Å². The summed E-state index contributed by atoms with van der Waals surface area (Å²) in [6.45, 7) is 11.5. The topological polar surface area (TPSA) is 79.0 Å². The van der Waals surface area contributed by atoms with Crippen LogP contribution in [0.3, 0.4) is 0 Å². The van der Waals surface area contributed by atoms with E-state index in [-0.39, 0.29) is 16.9 Å². The summed E-state index contributed by atoms with van der Waals surface area (Å²) >= 11 is 0. The quantitative estimate of drug-likeness (QED) is 0.753. The first kappa shape index (κ1) is 22.0. The second-order valence-electron chi connectivity index (χ2n) is 7.46. The third-order valence-corrected chi connectivity index (χ3v) is 6.63. The molecular formula is C22H29N3O4S. The van der Waals surface area contributed by atoms with Crippen molar-refractivity contribution in [3.05, 3.63) is 42.0 Å². The molecular weight excluding hydrogens is 402 g/mol. The minimum atomic E-state index is -3.83. The predicted molar refractivity (Wildman–Crippen MR) is 120 cm³/mol. The highest BCUT2D eigenvalue weighted by molar-refractivity contribution is 7.92. The van der Waals surface area contributed by atoms with E-state index in [1.54, 1.807) is 17.0 Å². The molecule has 7 nitrogen and oxygen atoms in total. The van der Waals surface area contributed by atoms with Crippen molar-refractivity contribution < 1.29 is 17.9 Å². The molecule has 0 spiro atoms. The van der Waals surface area contributed by atoms with Crippen LogP contribution in [0.1, 0.15) is 33.3 Å². The van der Waals surface area contributed by atoms with Crippen molar-refractivity contribution in [2.24, 2.45) is 0 Å². The normalized spacial score (nSPS) is 15.9. The van der Waals surface area contributed by atoms with Gasteiger partial charge in [-0.1, -0.05) is 0 Å². The zero-order valence-corrected chi connectivity index (χ0v) is 18.9. The first-order chi connectivity index (χ1) is 14.2. The number of carbonyl (C=O) groups excluding carboxylic acids is 1. The molecule has 1 unspecified atom stereocenters. The van der Waals surface area contributed by atoms with Gasteiger partial charge in [0.05, 0.1) is 22.8 Å². The maximum absolute atomic E-state index is 13.0. The van der Waals surface area contributed by atoms with Crippen LogP contribution in [0.2, 0.25) is 0 Å². The van der Waals surface area contributed by atoms with E-state index < -0.39 is 10.0 Å². The van der Waals surface area contributed by atoms with E-state index >= 15 is 0 Å². The Balaban J connectivity index is 1.92. The average molecular weight is 432 g/mol. The number of rotatable bonds is 6. The van der Waals surface area contributed by atoms with Crippen molar-refractivity contribution in [1.82, 2.24) is 0 Å². The van der Waals surface area contributed by atoms with Gasteiger partial charge >= 0.3 is 0 Å². The van der Waals surface area contributed by atoms with Crippen molar-refractivity contribution in [3.63, 3.8) is 0 Å². The van der Waals surface area contributed by atoms with Crippen LogP contribution in [-0.4, -0.2) is 40.1 Å². The molecule has 0 bridgehead atoms. The lowest BCUT2D eigenvalue weighted by molar-refractivity contribution is -0.117. The van der Waals surface area contributed by atoms with Crippen molar-refractivity contribution >= 4 is 33.0 Å². The number of benzene rings is 2. The Morgan fingerprint density at radius 3 is 2.50 bits per heavy atom. The molecule has 1 aliphatic heterocycles. The molecule has 1 aliphatic rings. The lowest BCUT2D eigenvalue weighted by atomic mass is 10.1. The highest BCUT2D eigenvalue weighted by Crippen LogP contribution is 2.36. The minimum Gasteiger partial charge on any atom is -0.487 e. The first-order valence-electron chi connectivity index (χ1n) is 10.1. The van der Waals surface area contributed by atoms with Crippen molar-refractivity contribution in [3.8, 4) is 5.75 Å². The Morgan fingerprint density at radius 2 is 1.90 bits per heavy atom. The number of aryl methyl sites for hydroxylation is 1. The van der Waals surface area contributed by atoms with Gasteiger partial charge in [-0.3, -0.25) is 9.52 Å². The highest BCUT2D eigenvalue weighted by Gasteiger charge is 2.28. The molecule has 0 fully saturated rings. The van der Waals surface area contributed by atoms with Gasteiger partial charge in [-0.15, -0.1) is 0 Å². The summed E-state index contributed by atoms with van der Waals surface area (Å²) in [6, 6.07) is 10.3. The van der Waals surface area contributed by atoms with Crippen molar-refractivity contribution in [2.75, 3.05) is 34.2 Å². The van der Waals surface area contributed by atoms with E-state index in [2.05, 4.69) is 23.5 Å². The van der Waals surface area contributed by atoms with Crippen LogP contribution in [0.15, 0.2) is 41.3 Å². The van der Waals surface area contributed by atoms with Crippen LogP contribution in [-0.2, 0) is 14.8 Å². The lowest BCUT2D eigenvalue weighted by Crippen LogP contribution is -2.41. The van der Waals surface area contributed by atoms with Crippen molar-refractivity contribution in [2.45, 2.75) is 45.6 Å². The van der Waals surface area contributed by atoms with E-state index in [0.717, 1.165) is 24.3 Å². The number of hydrogen-bond donors (Lipinski definition) is 1. The Bertz CT molecular complexity index is 1050. The summed E-state index contributed by atoms with van der Waals surface area (Å²) in [5, 5.41) is 0. The lowest BCUT2D eigenvalue weighted by Gasteiger charge is -2.33. The van der Waals surface area contributed by atoms with E-state index in [4.69, 9.17) is 4.74 Å². The predicted octanol–water partition coefficient (Wildman–Crippen LogP) is 3.78. The average Bonchev–Trinajstić information content (AvgIpc) is 2.69. The van der Waals surface area contributed by atoms with Crippen LogP contribution in [0, 0.1) is 6.92 Å². The summed E-state index contributed by atoms with van der Waals surface area (Å²) in [4.78, 5) is 15.9. The second-order valence-corrected chi connectivity index (χ2v) is 9.15. The third-order valence-electron chi connectivity index (χ3n) is 5.26. The van der Waals surface area contributed by atoms with E-state index in [0.29, 0.717) is 23.7 Å². The smallest absolute Gasteiger partial charge is 0.261 e. The highest BCUT2D eigenvalue weighted by atomic mass is 32.2. The summed E-state index contributed by atoms with van der Waals surface area (Å²) in [5.74, 6) is 0.347. The van der Waals surface area contributed by atoms with Gasteiger partial charge in [0.2, 0.25) is 5.91 Å². The molecule has 0 saturated carbocycles. The zero-order valence-electron chi connectivity index (χ0n) is 18.1. The number of nitrogens with one attached hydrogen (secondary N) is 1.